The highest BCUT2D eigenvalue weighted by molar-refractivity contribution is 9.10. The van der Waals surface area contributed by atoms with Gasteiger partial charge in [0.1, 0.15) is 5.82 Å². The molecule has 0 aliphatic rings. The van der Waals surface area contributed by atoms with Crippen molar-refractivity contribution in [3.8, 4) is 0 Å². The number of hydrogen-bond donors (Lipinski definition) is 2. The van der Waals surface area contributed by atoms with Crippen LogP contribution in [0.2, 0.25) is 5.02 Å². The maximum atomic E-state index is 5.84. The maximum absolute atomic E-state index is 5.84. The molecule has 1 aromatic carbocycles. The van der Waals surface area contributed by atoms with Crippen LogP contribution in [0.15, 0.2) is 47.1 Å². The average molecular weight is 371 g/mol. The third-order valence-corrected chi connectivity index (χ3v) is 3.74. The lowest BCUT2D eigenvalue weighted by Crippen LogP contribution is -2.30. The first-order valence-corrected chi connectivity index (χ1v) is 7.63. The van der Waals surface area contributed by atoms with Gasteiger partial charge in [0, 0.05) is 17.8 Å². The fraction of sp³-hybridized carbons (Fsp3) is 0.143. The molecule has 0 aliphatic heterocycles. The van der Waals surface area contributed by atoms with E-state index in [1.807, 2.05) is 36.4 Å². The average Bonchev–Trinajstić information content (AvgIpc) is 2.44. The molecule has 0 radical (unpaired) electrons. The van der Waals surface area contributed by atoms with E-state index in [1.54, 1.807) is 6.20 Å². The van der Waals surface area contributed by atoms with Gasteiger partial charge in [-0.15, -0.1) is 0 Å². The zero-order chi connectivity index (χ0) is 14.4. The molecular formula is C14H13BrClN3S. The fourth-order valence-corrected chi connectivity index (χ4v) is 2.28. The fourth-order valence-electron chi connectivity index (χ4n) is 1.60. The van der Waals surface area contributed by atoms with Crippen LogP contribution in [0.5, 0.6) is 0 Å². The lowest BCUT2D eigenvalue weighted by atomic mass is 10.1. The molecule has 0 atom stereocenters. The van der Waals surface area contributed by atoms with E-state index in [0.29, 0.717) is 10.9 Å². The van der Waals surface area contributed by atoms with Gasteiger partial charge >= 0.3 is 0 Å². The summed E-state index contributed by atoms with van der Waals surface area (Å²) in [6.45, 7) is 0.748. The van der Waals surface area contributed by atoms with E-state index in [2.05, 4.69) is 31.5 Å². The first-order chi connectivity index (χ1) is 9.65. The lowest BCUT2D eigenvalue weighted by molar-refractivity contribution is 0.873. The van der Waals surface area contributed by atoms with Crippen molar-refractivity contribution in [2.75, 3.05) is 11.9 Å². The van der Waals surface area contributed by atoms with Gasteiger partial charge in [-0.25, -0.2) is 4.98 Å². The Morgan fingerprint density at radius 1 is 1.25 bits per heavy atom. The Morgan fingerprint density at radius 3 is 2.70 bits per heavy atom. The first kappa shape index (κ1) is 15.2. The minimum Gasteiger partial charge on any atom is -0.362 e. The summed E-state index contributed by atoms with van der Waals surface area (Å²) >= 11 is 14.5. The monoisotopic (exact) mass is 369 g/mol. The van der Waals surface area contributed by atoms with Crippen LogP contribution in [0.25, 0.3) is 0 Å². The topological polar surface area (TPSA) is 37.0 Å². The summed E-state index contributed by atoms with van der Waals surface area (Å²) in [5, 5.41) is 7.50. The Hall–Kier alpha value is -1.17. The molecule has 6 heteroatoms. The highest BCUT2D eigenvalue weighted by Gasteiger charge is 2.02. The van der Waals surface area contributed by atoms with E-state index in [1.165, 1.54) is 5.56 Å². The Kier molecular flexibility index (Phi) is 5.76. The Balaban J connectivity index is 1.78. The molecule has 1 aromatic heterocycles. The first-order valence-electron chi connectivity index (χ1n) is 6.05. The van der Waals surface area contributed by atoms with Crippen LogP contribution >= 0.6 is 39.7 Å². The van der Waals surface area contributed by atoms with Crippen LogP contribution in [-0.4, -0.2) is 16.6 Å². The van der Waals surface area contributed by atoms with Crippen molar-refractivity contribution in [1.29, 1.82) is 0 Å². The molecule has 0 fully saturated rings. The number of pyridine rings is 1. The van der Waals surface area contributed by atoms with E-state index in [-0.39, 0.29) is 0 Å². The quantitative estimate of drug-likeness (QED) is 0.797. The van der Waals surface area contributed by atoms with Gasteiger partial charge in [-0.05, 0) is 64.4 Å². The molecular weight excluding hydrogens is 358 g/mol. The summed E-state index contributed by atoms with van der Waals surface area (Å²) in [5.74, 6) is 0.705. The van der Waals surface area contributed by atoms with Crippen LogP contribution in [0.3, 0.4) is 0 Å². The Morgan fingerprint density at radius 2 is 2.00 bits per heavy atom. The van der Waals surface area contributed by atoms with Crippen LogP contribution in [0.1, 0.15) is 5.56 Å². The molecule has 2 N–H and O–H groups in total. The molecule has 104 valence electrons. The number of rotatable bonds is 4. The van der Waals surface area contributed by atoms with Gasteiger partial charge < -0.3 is 10.6 Å². The summed E-state index contributed by atoms with van der Waals surface area (Å²) in [4.78, 5) is 4.19. The third kappa shape index (κ3) is 4.74. The van der Waals surface area contributed by atoms with Crippen LogP contribution < -0.4 is 10.6 Å². The predicted molar refractivity (Wildman–Crippen MR) is 91.3 cm³/mol. The zero-order valence-corrected chi connectivity index (χ0v) is 13.7. The molecule has 0 spiro atoms. The van der Waals surface area contributed by atoms with E-state index < -0.39 is 0 Å². The predicted octanol–water partition coefficient (Wildman–Crippen LogP) is 4.03. The second-order valence-corrected chi connectivity index (χ2v) is 5.79. The molecule has 0 saturated heterocycles. The lowest BCUT2D eigenvalue weighted by Gasteiger charge is -2.10. The van der Waals surface area contributed by atoms with E-state index in [4.69, 9.17) is 23.8 Å². The van der Waals surface area contributed by atoms with Crippen LogP contribution in [0.4, 0.5) is 5.82 Å². The number of nitrogens with one attached hydrogen (secondary N) is 2. The van der Waals surface area contributed by atoms with Crippen molar-refractivity contribution in [1.82, 2.24) is 10.3 Å². The van der Waals surface area contributed by atoms with Gasteiger partial charge in [0.2, 0.25) is 0 Å². The van der Waals surface area contributed by atoms with E-state index in [0.717, 1.165) is 22.5 Å². The minimum atomic E-state index is 0.554. The van der Waals surface area contributed by atoms with Crippen LogP contribution in [-0.2, 0) is 6.42 Å². The third-order valence-electron chi connectivity index (χ3n) is 2.60. The van der Waals surface area contributed by atoms with Gasteiger partial charge in [0.05, 0.1) is 4.47 Å². The molecule has 2 aromatic rings. The molecule has 2 rings (SSSR count). The number of benzene rings is 1. The normalized spacial score (nSPS) is 10.1. The minimum absolute atomic E-state index is 0.554. The molecule has 0 unspecified atom stereocenters. The van der Waals surface area contributed by atoms with Crippen molar-refractivity contribution in [3.63, 3.8) is 0 Å². The number of halogens is 2. The summed E-state index contributed by atoms with van der Waals surface area (Å²) < 4.78 is 0.877. The van der Waals surface area contributed by atoms with Gasteiger partial charge in [-0.1, -0.05) is 23.7 Å². The summed E-state index contributed by atoms with van der Waals surface area (Å²) in [6.07, 6.45) is 2.59. The zero-order valence-electron chi connectivity index (χ0n) is 10.6. The van der Waals surface area contributed by atoms with Crippen molar-refractivity contribution in [2.24, 2.45) is 0 Å². The summed E-state index contributed by atoms with van der Waals surface area (Å²) in [5.41, 5.74) is 1.21. The van der Waals surface area contributed by atoms with Crippen molar-refractivity contribution < 1.29 is 0 Å². The SMILES string of the molecule is S=C(NCCc1ccc(Cl)cc1)Nc1ncccc1Br. The number of thiocarbonyl (C=S) groups is 1. The van der Waals surface area contributed by atoms with Gasteiger partial charge in [-0.3, -0.25) is 0 Å². The van der Waals surface area contributed by atoms with Crippen molar-refractivity contribution >= 4 is 50.7 Å². The maximum Gasteiger partial charge on any atom is 0.171 e. The second-order valence-electron chi connectivity index (χ2n) is 4.09. The molecule has 0 aliphatic carbocycles. The number of anilines is 1. The number of aromatic nitrogens is 1. The van der Waals surface area contributed by atoms with Gasteiger partial charge in [-0.2, -0.15) is 0 Å². The standard InChI is InChI=1S/C14H13BrClN3S/c15-12-2-1-8-17-13(12)19-14(20)18-9-7-10-3-5-11(16)6-4-10/h1-6,8H,7,9H2,(H2,17,18,19,20). The number of hydrogen-bond acceptors (Lipinski definition) is 2. The smallest absolute Gasteiger partial charge is 0.171 e. The molecule has 0 amide bonds. The largest absolute Gasteiger partial charge is 0.362 e. The highest BCUT2D eigenvalue weighted by Crippen LogP contribution is 2.17. The van der Waals surface area contributed by atoms with Crippen molar-refractivity contribution in [3.05, 3.63) is 57.7 Å². The molecule has 1 heterocycles. The van der Waals surface area contributed by atoms with Gasteiger partial charge in [0.25, 0.3) is 0 Å². The molecule has 20 heavy (non-hydrogen) atoms. The molecule has 3 nitrogen and oxygen atoms in total. The Bertz CT molecular complexity index is 589. The molecule has 0 bridgehead atoms. The Labute approximate surface area is 136 Å². The van der Waals surface area contributed by atoms with E-state index in [9.17, 15) is 0 Å². The highest BCUT2D eigenvalue weighted by atomic mass is 79.9. The number of nitrogens with zero attached hydrogens (tertiary/aromatic N) is 1. The summed E-state index contributed by atoms with van der Waals surface area (Å²) in [7, 11) is 0. The van der Waals surface area contributed by atoms with E-state index >= 15 is 0 Å². The van der Waals surface area contributed by atoms with Crippen molar-refractivity contribution in [2.45, 2.75) is 6.42 Å². The summed E-state index contributed by atoms with van der Waals surface area (Å²) in [6, 6.07) is 11.6. The van der Waals surface area contributed by atoms with Gasteiger partial charge in [0.15, 0.2) is 5.11 Å². The second kappa shape index (κ2) is 7.57. The van der Waals surface area contributed by atoms with Crippen LogP contribution in [0, 0.1) is 0 Å². The molecule has 0 saturated carbocycles.